The molecule has 34 heavy (non-hydrogen) atoms. The van der Waals surface area contributed by atoms with Crippen molar-refractivity contribution in [1.82, 2.24) is 9.80 Å². The molecule has 0 unspecified atom stereocenters. The molecule has 0 aliphatic carbocycles. The predicted molar refractivity (Wildman–Crippen MR) is 137 cm³/mol. The van der Waals surface area contributed by atoms with Gasteiger partial charge >= 0.3 is 0 Å². The number of halogens is 1. The summed E-state index contributed by atoms with van der Waals surface area (Å²) in [6.07, 6.45) is 4.33. The van der Waals surface area contributed by atoms with E-state index in [1.165, 1.54) is 0 Å². The summed E-state index contributed by atoms with van der Waals surface area (Å²) < 4.78 is 6.19. The van der Waals surface area contributed by atoms with E-state index in [-0.39, 0.29) is 5.91 Å². The molecule has 5 heteroatoms. The summed E-state index contributed by atoms with van der Waals surface area (Å²) in [5.41, 5.74) is 5.23. The first kappa shape index (κ1) is 22.5. The van der Waals surface area contributed by atoms with Gasteiger partial charge in [0.15, 0.2) is 0 Å². The Labute approximate surface area is 205 Å². The highest BCUT2D eigenvalue weighted by molar-refractivity contribution is 6.32. The fourth-order valence-electron chi connectivity index (χ4n) is 4.58. The van der Waals surface area contributed by atoms with E-state index in [1.54, 1.807) is 6.08 Å². The number of hydrogen-bond donors (Lipinski definition) is 0. The van der Waals surface area contributed by atoms with Crippen LogP contribution in [0.2, 0.25) is 5.02 Å². The van der Waals surface area contributed by atoms with Crippen LogP contribution in [0.3, 0.4) is 0 Å². The van der Waals surface area contributed by atoms with Crippen molar-refractivity contribution < 1.29 is 9.21 Å². The van der Waals surface area contributed by atoms with E-state index in [4.69, 9.17) is 16.0 Å². The molecule has 0 radical (unpaired) electrons. The van der Waals surface area contributed by atoms with E-state index in [0.29, 0.717) is 13.1 Å². The summed E-state index contributed by atoms with van der Waals surface area (Å²) in [6, 6.07) is 24.0. The maximum Gasteiger partial charge on any atom is 0.247 e. The Morgan fingerprint density at radius 2 is 1.62 bits per heavy atom. The molecule has 1 aliphatic rings. The molecule has 0 saturated carbocycles. The van der Waals surface area contributed by atoms with Gasteiger partial charge in [-0.3, -0.25) is 4.79 Å². The second-order valence-corrected chi connectivity index (χ2v) is 9.24. The van der Waals surface area contributed by atoms with Crippen LogP contribution in [-0.4, -0.2) is 29.3 Å². The highest BCUT2D eigenvalue weighted by Crippen LogP contribution is 2.36. The van der Waals surface area contributed by atoms with Gasteiger partial charge in [-0.1, -0.05) is 72.3 Å². The van der Waals surface area contributed by atoms with Gasteiger partial charge in [-0.05, 0) is 48.4 Å². The Balaban J connectivity index is 1.46. The number of furan rings is 1. The average molecular weight is 471 g/mol. The lowest BCUT2D eigenvalue weighted by molar-refractivity contribution is -0.127. The third kappa shape index (κ3) is 4.79. The lowest BCUT2D eigenvalue weighted by Gasteiger charge is -2.21. The zero-order valence-electron chi connectivity index (χ0n) is 19.2. The van der Waals surface area contributed by atoms with Crippen molar-refractivity contribution in [1.29, 1.82) is 0 Å². The van der Waals surface area contributed by atoms with Crippen LogP contribution >= 0.6 is 11.6 Å². The molecule has 0 N–H and O–H groups in total. The van der Waals surface area contributed by atoms with E-state index in [0.717, 1.165) is 63.5 Å². The predicted octanol–water partition coefficient (Wildman–Crippen LogP) is 6.32. The van der Waals surface area contributed by atoms with E-state index >= 15 is 0 Å². The van der Waals surface area contributed by atoms with Crippen LogP contribution in [0, 0.1) is 0 Å². The Kier molecular flexibility index (Phi) is 6.52. The lowest BCUT2D eigenvalue weighted by Crippen LogP contribution is -2.28. The highest BCUT2D eigenvalue weighted by atomic mass is 35.5. The van der Waals surface area contributed by atoms with E-state index < -0.39 is 0 Å². The molecule has 0 bridgehead atoms. The molecule has 2 heterocycles. The third-order valence-electron chi connectivity index (χ3n) is 6.33. The molecule has 0 spiro atoms. The van der Waals surface area contributed by atoms with E-state index in [2.05, 4.69) is 11.9 Å². The molecule has 0 saturated heterocycles. The zero-order chi connectivity index (χ0) is 23.5. The van der Waals surface area contributed by atoms with Crippen molar-refractivity contribution in [3.8, 4) is 0 Å². The zero-order valence-corrected chi connectivity index (χ0v) is 20.0. The number of amides is 1. The van der Waals surface area contributed by atoms with Crippen molar-refractivity contribution in [3.05, 3.63) is 112 Å². The Morgan fingerprint density at radius 1 is 0.971 bits per heavy atom. The number of nitrogens with zero attached hydrogens (tertiary/aromatic N) is 2. The molecule has 3 aromatic carbocycles. The average Bonchev–Trinajstić information content (AvgIpc) is 3.09. The summed E-state index contributed by atoms with van der Waals surface area (Å²) in [7, 11) is 2.10. The standard InChI is InChI=1S/C29H27ClN2O2/c1-31-17-16-23-25(30)12-13-27-29(23)24(20-31)26(34-27)14-15-28(33)32(18-21-8-4-2-5-9-21)19-22-10-6-3-7-11-22/h2-15H,16-20H2,1H3. The molecule has 1 aromatic heterocycles. The van der Waals surface area contributed by atoms with Gasteiger partial charge in [-0.2, -0.15) is 0 Å². The number of benzene rings is 3. The van der Waals surface area contributed by atoms with Gasteiger partial charge in [0.2, 0.25) is 5.91 Å². The van der Waals surface area contributed by atoms with Crippen LogP contribution in [0.25, 0.3) is 17.0 Å². The minimum atomic E-state index is -0.0550. The summed E-state index contributed by atoms with van der Waals surface area (Å²) in [5.74, 6) is 0.667. The SMILES string of the molecule is CN1CCc2c(Cl)ccc3oc(C=CC(=O)N(Cc4ccccc4)Cc4ccccc4)c(c23)C1. The lowest BCUT2D eigenvalue weighted by atomic mass is 10.0. The monoisotopic (exact) mass is 470 g/mol. The molecule has 0 atom stereocenters. The van der Waals surface area contributed by atoms with Gasteiger partial charge in [-0.25, -0.2) is 0 Å². The fourth-order valence-corrected chi connectivity index (χ4v) is 4.83. The first-order chi connectivity index (χ1) is 16.6. The summed E-state index contributed by atoms with van der Waals surface area (Å²) in [4.78, 5) is 17.5. The summed E-state index contributed by atoms with van der Waals surface area (Å²) in [6.45, 7) is 2.76. The summed E-state index contributed by atoms with van der Waals surface area (Å²) >= 11 is 6.52. The smallest absolute Gasteiger partial charge is 0.247 e. The van der Waals surface area contributed by atoms with Crippen molar-refractivity contribution in [3.63, 3.8) is 0 Å². The molecular weight excluding hydrogens is 444 g/mol. The molecule has 4 aromatic rings. The maximum absolute atomic E-state index is 13.4. The Hall–Kier alpha value is -3.34. The summed E-state index contributed by atoms with van der Waals surface area (Å²) in [5, 5.41) is 1.86. The molecular formula is C29H27ClN2O2. The number of hydrogen-bond acceptors (Lipinski definition) is 3. The van der Waals surface area contributed by atoms with Gasteiger partial charge in [0, 0.05) is 48.2 Å². The van der Waals surface area contributed by atoms with Gasteiger partial charge in [0.1, 0.15) is 11.3 Å². The van der Waals surface area contributed by atoms with E-state index in [9.17, 15) is 4.79 Å². The first-order valence-corrected chi connectivity index (χ1v) is 11.9. The second kappa shape index (κ2) is 9.88. The van der Waals surface area contributed by atoms with Gasteiger partial charge in [0.25, 0.3) is 0 Å². The number of likely N-dealkylation sites (N-methyl/N-ethyl adjacent to an activating group) is 1. The van der Waals surface area contributed by atoms with Crippen molar-refractivity contribution in [2.75, 3.05) is 13.6 Å². The number of rotatable bonds is 6. The molecule has 1 amide bonds. The molecule has 0 fully saturated rings. The maximum atomic E-state index is 13.4. The van der Waals surface area contributed by atoms with Crippen LogP contribution in [-0.2, 0) is 30.8 Å². The molecule has 172 valence electrons. The molecule has 1 aliphatic heterocycles. The van der Waals surface area contributed by atoms with Gasteiger partial charge in [-0.15, -0.1) is 0 Å². The molecule has 4 nitrogen and oxygen atoms in total. The Morgan fingerprint density at radius 3 is 2.26 bits per heavy atom. The van der Waals surface area contributed by atoms with Crippen LogP contribution in [0.15, 0.2) is 83.3 Å². The van der Waals surface area contributed by atoms with Gasteiger partial charge in [0.05, 0.1) is 0 Å². The van der Waals surface area contributed by atoms with Crippen LogP contribution in [0.5, 0.6) is 0 Å². The normalized spacial score (nSPS) is 13.9. The van der Waals surface area contributed by atoms with Crippen LogP contribution < -0.4 is 0 Å². The minimum absolute atomic E-state index is 0.0550. The second-order valence-electron chi connectivity index (χ2n) is 8.83. The molecule has 5 rings (SSSR count). The number of carbonyl (C=O) groups excluding carboxylic acids is 1. The van der Waals surface area contributed by atoms with Crippen molar-refractivity contribution in [2.24, 2.45) is 0 Å². The van der Waals surface area contributed by atoms with Crippen LogP contribution in [0.1, 0.15) is 28.0 Å². The van der Waals surface area contributed by atoms with E-state index in [1.807, 2.05) is 83.8 Å². The minimum Gasteiger partial charge on any atom is -0.456 e. The third-order valence-corrected chi connectivity index (χ3v) is 6.68. The topological polar surface area (TPSA) is 36.7 Å². The Bertz CT molecular complexity index is 1290. The van der Waals surface area contributed by atoms with Gasteiger partial charge < -0.3 is 14.2 Å². The van der Waals surface area contributed by atoms with Crippen LogP contribution in [0.4, 0.5) is 0 Å². The number of carbonyl (C=O) groups is 1. The van der Waals surface area contributed by atoms with Crippen molar-refractivity contribution in [2.45, 2.75) is 26.1 Å². The largest absolute Gasteiger partial charge is 0.456 e. The fraction of sp³-hybridized carbons (Fsp3) is 0.207. The highest BCUT2D eigenvalue weighted by Gasteiger charge is 2.22. The first-order valence-electron chi connectivity index (χ1n) is 11.5. The van der Waals surface area contributed by atoms with Crippen molar-refractivity contribution >= 4 is 34.6 Å². The quantitative estimate of drug-likeness (QED) is 0.309.